The summed E-state index contributed by atoms with van der Waals surface area (Å²) < 4.78 is 1.24. The second-order valence-electron chi connectivity index (χ2n) is 12.6. The minimum absolute atomic E-state index is 0. The molecule has 0 unspecified atom stereocenters. The van der Waals surface area contributed by atoms with Crippen molar-refractivity contribution in [3.63, 3.8) is 0 Å². The third-order valence-corrected chi connectivity index (χ3v) is 11.0. The Bertz CT molecular complexity index is 2040. The van der Waals surface area contributed by atoms with Gasteiger partial charge in [-0.05, 0) is 49.4 Å². The maximum Gasteiger partial charge on any atom is 0.164 e. The van der Waals surface area contributed by atoms with Crippen LogP contribution in [-0.4, -0.2) is 20.9 Å². The van der Waals surface area contributed by atoms with Gasteiger partial charge in [-0.1, -0.05) is 101 Å². The van der Waals surface area contributed by atoms with Crippen LogP contribution in [0.4, 0.5) is 0 Å². The molecule has 241 valence electrons. The first-order valence-electron chi connectivity index (χ1n) is 16.0. The number of hydrogen-bond donors (Lipinski definition) is 1. The van der Waals surface area contributed by atoms with E-state index in [1.54, 1.807) is 17.7 Å². The molecule has 0 saturated heterocycles. The zero-order valence-corrected chi connectivity index (χ0v) is 31.0. The number of aliphatic hydroxyl groups excluding tert-OH is 1. The molecule has 46 heavy (non-hydrogen) atoms. The van der Waals surface area contributed by atoms with E-state index in [4.69, 9.17) is 4.98 Å². The Kier molecular flexibility index (Phi) is 11.2. The molecule has 4 nitrogen and oxygen atoms in total. The molecule has 4 aromatic carbocycles. The number of ketones is 1. The number of rotatable bonds is 8. The van der Waals surface area contributed by atoms with Crippen LogP contribution in [0.15, 0.2) is 84.9 Å². The van der Waals surface area contributed by atoms with E-state index in [1.807, 2.05) is 41.5 Å². The van der Waals surface area contributed by atoms with E-state index in [1.165, 1.54) is 43.3 Å². The maximum absolute atomic E-state index is 12.2. The molecule has 2 aromatic heterocycles. The van der Waals surface area contributed by atoms with Crippen molar-refractivity contribution in [1.29, 1.82) is 0 Å². The normalized spacial score (nSPS) is 12.3. The molecule has 0 aliphatic carbocycles. The van der Waals surface area contributed by atoms with E-state index in [0.717, 1.165) is 47.2 Å². The van der Waals surface area contributed by atoms with Gasteiger partial charge in [0.25, 0.3) is 0 Å². The van der Waals surface area contributed by atoms with E-state index in [2.05, 4.69) is 84.7 Å². The second kappa shape index (κ2) is 14.5. The predicted molar refractivity (Wildman–Crippen MR) is 192 cm³/mol. The van der Waals surface area contributed by atoms with Gasteiger partial charge in [-0.2, -0.15) is 0 Å². The molecule has 0 aliphatic heterocycles. The van der Waals surface area contributed by atoms with Crippen LogP contribution >= 0.6 is 11.3 Å². The van der Waals surface area contributed by atoms with Crippen LogP contribution in [0.5, 0.6) is 0 Å². The number of aryl methyl sites for hydroxylation is 1. The average molecular weight is 808 g/mol. The van der Waals surface area contributed by atoms with Gasteiger partial charge >= 0.3 is 0 Å². The van der Waals surface area contributed by atoms with Crippen LogP contribution < -0.4 is 0 Å². The first kappa shape index (κ1) is 35.4. The van der Waals surface area contributed by atoms with Crippen molar-refractivity contribution in [3.8, 4) is 11.3 Å². The largest absolute Gasteiger partial charge is 0.512 e. The maximum atomic E-state index is 12.2. The molecule has 0 bridgehead atoms. The molecule has 6 rings (SSSR count). The Balaban J connectivity index is 0.000000234. The Hall–Kier alpha value is -3.44. The number of hydrogen-bond acceptors (Lipinski definition) is 5. The van der Waals surface area contributed by atoms with Gasteiger partial charge in [0.2, 0.25) is 0 Å². The van der Waals surface area contributed by atoms with Gasteiger partial charge in [0, 0.05) is 58.2 Å². The number of aromatic nitrogens is 2. The van der Waals surface area contributed by atoms with Gasteiger partial charge in [0.05, 0.1) is 0 Å². The summed E-state index contributed by atoms with van der Waals surface area (Å²) in [5.41, 5.74) is 2.63. The summed E-state index contributed by atoms with van der Waals surface area (Å²) in [4.78, 5) is 22.5. The average Bonchev–Trinajstić information content (AvgIpc) is 3.46. The van der Waals surface area contributed by atoms with Crippen molar-refractivity contribution in [2.75, 3.05) is 0 Å². The molecule has 1 N–H and O–H groups in total. The van der Waals surface area contributed by atoms with Gasteiger partial charge in [0.1, 0.15) is 16.9 Å². The first-order valence-corrected chi connectivity index (χ1v) is 16.8. The molecule has 0 aliphatic rings. The van der Waals surface area contributed by atoms with E-state index >= 15 is 0 Å². The van der Waals surface area contributed by atoms with Crippen molar-refractivity contribution in [2.45, 2.75) is 74.1 Å². The van der Waals surface area contributed by atoms with Crippen LogP contribution in [0.1, 0.15) is 72.8 Å². The Morgan fingerprint density at radius 3 is 2.20 bits per heavy atom. The van der Waals surface area contributed by atoms with Gasteiger partial charge in [-0.15, -0.1) is 40.5 Å². The molecule has 0 amide bonds. The van der Waals surface area contributed by atoms with Crippen LogP contribution in [-0.2, 0) is 24.9 Å². The quantitative estimate of drug-likeness (QED) is 0.0945. The fourth-order valence-corrected chi connectivity index (χ4v) is 6.76. The number of nitrogens with zero attached hydrogens (tertiary/aromatic N) is 2. The summed E-state index contributed by atoms with van der Waals surface area (Å²) in [6, 6.07) is 27.1. The van der Waals surface area contributed by atoms with Crippen LogP contribution in [0.3, 0.4) is 0 Å². The van der Waals surface area contributed by atoms with E-state index in [-0.39, 0.29) is 42.5 Å². The number of benzene rings is 4. The molecule has 0 spiro atoms. The number of thiophene rings is 1. The standard InChI is InChI=1S/C25H15N2S.C15H28O2.Ir/c1-15-6-10-20-18(12-15)9-11-21-22(20)23-24(26-14-27-25(23)28-21)19-8-7-16-4-2-3-5-17(16)13-19;1-7-14(5,8-2)12(16)11-13(17)15(6,9-3)10-4;/h2-7,9-14H,1H3;11,16H,7-10H2,1-6H3;/q-1;;/b;12-11-;. The Labute approximate surface area is 290 Å². The molecule has 0 fully saturated rings. The van der Waals surface area contributed by atoms with Gasteiger partial charge in [-0.25, -0.2) is 4.98 Å². The van der Waals surface area contributed by atoms with Gasteiger partial charge in [-0.3, -0.25) is 9.78 Å². The summed E-state index contributed by atoms with van der Waals surface area (Å²) in [5.74, 6) is 0.286. The fourth-order valence-electron chi connectivity index (χ4n) is 5.70. The number of allylic oxidation sites excluding steroid dienone is 2. The third-order valence-electron chi connectivity index (χ3n) is 9.94. The topological polar surface area (TPSA) is 63.1 Å². The summed E-state index contributed by atoms with van der Waals surface area (Å²) >= 11 is 1.73. The molecule has 2 heterocycles. The second-order valence-corrected chi connectivity index (χ2v) is 13.6. The minimum Gasteiger partial charge on any atom is -0.512 e. The summed E-state index contributed by atoms with van der Waals surface area (Å²) in [5, 5.41) is 17.4. The molecule has 6 heteroatoms. The Morgan fingerprint density at radius 2 is 1.52 bits per heavy atom. The minimum atomic E-state index is -0.337. The fraction of sp³-hybridized carbons (Fsp3) is 0.325. The molecule has 0 saturated carbocycles. The number of carbonyl (C=O) groups is 1. The SMILES string of the molecule is CCC(C)(CC)C(=O)/C=C(\O)C(C)(CC)CC.Cc1ccc2c(ccc3sc4ncnc(-c5[c-]cc6ccccc6c5)c4c32)c1.[Ir]. The number of carbonyl (C=O) groups excluding carboxylic acids is 1. The predicted octanol–water partition coefficient (Wildman–Crippen LogP) is 11.6. The molecular weight excluding hydrogens is 765 g/mol. The zero-order valence-electron chi connectivity index (χ0n) is 27.8. The van der Waals surface area contributed by atoms with E-state index < -0.39 is 0 Å². The zero-order chi connectivity index (χ0) is 32.4. The summed E-state index contributed by atoms with van der Waals surface area (Å²) in [7, 11) is 0. The van der Waals surface area contributed by atoms with Gasteiger partial charge in [0.15, 0.2) is 5.78 Å². The van der Waals surface area contributed by atoms with E-state index in [0.29, 0.717) is 0 Å². The smallest absolute Gasteiger partial charge is 0.164 e. The summed E-state index contributed by atoms with van der Waals surface area (Å²) in [6.07, 6.45) is 6.42. The van der Waals surface area contributed by atoms with Crippen LogP contribution in [0.2, 0.25) is 0 Å². The van der Waals surface area contributed by atoms with Crippen LogP contribution in [0.25, 0.3) is 53.1 Å². The molecular formula is C40H43IrN2O2S-. The van der Waals surface area contributed by atoms with Crippen molar-refractivity contribution in [1.82, 2.24) is 9.97 Å². The third kappa shape index (κ3) is 6.81. The summed E-state index contributed by atoms with van der Waals surface area (Å²) in [6.45, 7) is 14.2. The van der Waals surface area contributed by atoms with Crippen LogP contribution in [0, 0.1) is 23.8 Å². The molecule has 0 atom stereocenters. The first-order chi connectivity index (χ1) is 21.6. The van der Waals surface area contributed by atoms with Crippen molar-refractivity contribution < 1.29 is 30.0 Å². The van der Waals surface area contributed by atoms with Crippen molar-refractivity contribution >= 4 is 59.0 Å². The van der Waals surface area contributed by atoms with Gasteiger partial charge < -0.3 is 5.11 Å². The van der Waals surface area contributed by atoms with Crippen molar-refractivity contribution in [2.24, 2.45) is 10.8 Å². The van der Waals surface area contributed by atoms with E-state index in [9.17, 15) is 9.90 Å². The molecule has 1 radical (unpaired) electrons. The Morgan fingerprint density at radius 1 is 0.848 bits per heavy atom. The molecule has 6 aromatic rings. The van der Waals surface area contributed by atoms with Crippen molar-refractivity contribution in [3.05, 3.63) is 96.5 Å². The number of aliphatic hydroxyl groups is 1. The monoisotopic (exact) mass is 808 g/mol. The number of fused-ring (bicyclic) bond motifs is 6.